The van der Waals surface area contributed by atoms with Crippen LogP contribution >= 0.6 is 0 Å². The Morgan fingerprint density at radius 1 is 1.45 bits per heavy atom. The van der Waals surface area contributed by atoms with Crippen LogP contribution in [0.25, 0.3) is 0 Å². The van der Waals surface area contributed by atoms with E-state index in [1.807, 2.05) is 0 Å². The van der Waals surface area contributed by atoms with Crippen molar-refractivity contribution in [1.29, 1.82) is 0 Å². The minimum absolute atomic E-state index is 0.0993. The maximum atomic E-state index is 13.2. The second-order valence-electron chi connectivity index (χ2n) is 5.36. The number of amidine groups is 1. The van der Waals surface area contributed by atoms with Gasteiger partial charge in [0.25, 0.3) is 0 Å². The predicted octanol–water partition coefficient (Wildman–Crippen LogP) is 1.17. The van der Waals surface area contributed by atoms with Crippen LogP contribution in [0.4, 0.5) is 4.39 Å². The molecule has 0 aliphatic heterocycles. The molecule has 2 rings (SSSR count). The van der Waals surface area contributed by atoms with E-state index in [1.165, 1.54) is 12.1 Å². The molecular formula is C14H20FN3O2. The molecule has 0 aromatic heterocycles. The third-order valence-electron chi connectivity index (χ3n) is 3.87. The third kappa shape index (κ3) is 3.46. The minimum Gasteiger partial charge on any atom is -0.409 e. The molecule has 1 saturated carbocycles. The summed E-state index contributed by atoms with van der Waals surface area (Å²) in [6.07, 6.45) is 3.05. The highest BCUT2D eigenvalue weighted by Gasteiger charge is 2.41. The van der Waals surface area contributed by atoms with Gasteiger partial charge in [0.05, 0.1) is 0 Å². The number of halogens is 1. The van der Waals surface area contributed by atoms with Crippen LogP contribution in [0, 0.1) is 11.2 Å². The van der Waals surface area contributed by atoms with Crippen LogP contribution in [0.3, 0.4) is 0 Å². The first-order valence-electron chi connectivity index (χ1n) is 6.68. The number of hydrogen-bond donors (Lipinski definition) is 4. The van der Waals surface area contributed by atoms with E-state index >= 15 is 0 Å². The van der Waals surface area contributed by atoms with Crippen molar-refractivity contribution in [3.05, 3.63) is 35.1 Å². The molecule has 0 bridgehead atoms. The van der Waals surface area contributed by atoms with Crippen LogP contribution in [0.15, 0.2) is 23.4 Å². The van der Waals surface area contributed by atoms with Crippen LogP contribution < -0.4 is 11.1 Å². The Labute approximate surface area is 117 Å². The molecule has 0 atom stereocenters. The molecule has 0 amide bonds. The first kappa shape index (κ1) is 14.7. The van der Waals surface area contributed by atoms with E-state index in [0.29, 0.717) is 12.1 Å². The number of hydrogen-bond acceptors (Lipinski definition) is 4. The van der Waals surface area contributed by atoms with Gasteiger partial charge in [-0.1, -0.05) is 11.2 Å². The average Bonchev–Trinajstić information content (AvgIpc) is 3.20. The van der Waals surface area contributed by atoms with Gasteiger partial charge in [0, 0.05) is 25.3 Å². The molecule has 0 unspecified atom stereocenters. The summed E-state index contributed by atoms with van der Waals surface area (Å²) in [4.78, 5) is 0. The normalized spacial score (nSPS) is 17.2. The first-order chi connectivity index (χ1) is 9.60. The van der Waals surface area contributed by atoms with E-state index < -0.39 is 5.82 Å². The van der Waals surface area contributed by atoms with Crippen molar-refractivity contribution in [2.45, 2.75) is 25.8 Å². The fraction of sp³-hybridized carbons (Fsp3) is 0.500. The Hall–Kier alpha value is -1.66. The lowest BCUT2D eigenvalue weighted by atomic mass is 10.0. The van der Waals surface area contributed by atoms with Gasteiger partial charge in [-0.3, -0.25) is 0 Å². The summed E-state index contributed by atoms with van der Waals surface area (Å²) in [7, 11) is 0. The van der Waals surface area contributed by atoms with Crippen molar-refractivity contribution in [2.24, 2.45) is 16.3 Å². The van der Waals surface area contributed by atoms with Crippen molar-refractivity contribution in [3.8, 4) is 0 Å². The summed E-state index contributed by atoms with van der Waals surface area (Å²) < 4.78 is 13.2. The van der Waals surface area contributed by atoms with E-state index in [9.17, 15) is 4.39 Å². The molecule has 110 valence electrons. The van der Waals surface area contributed by atoms with Crippen LogP contribution in [0.2, 0.25) is 0 Å². The van der Waals surface area contributed by atoms with Gasteiger partial charge in [0.1, 0.15) is 5.82 Å². The predicted molar refractivity (Wildman–Crippen MR) is 74.0 cm³/mol. The second kappa shape index (κ2) is 6.19. The number of aliphatic hydroxyl groups excluding tert-OH is 1. The SMILES string of the molecule is N/C(=N/O)c1cc(F)ccc1CNCC1(CCO)CC1. The summed E-state index contributed by atoms with van der Waals surface area (Å²) in [5.74, 6) is -0.521. The van der Waals surface area contributed by atoms with Crippen LogP contribution in [0.1, 0.15) is 30.4 Å². The maximum absolute atomic E-state index is 13.2. The minimum atomic E-state index is -0.422. The van der Waals surface area contributed by atoms with Gasteiger partial charge in [-0.15, -0.1) is 0 Å². The monoisotopic (exact) mass is 281 g/mol. The molecule has 6 heteroatoms. The third-order valence-corrected chi connectivity index (χ3v) is 3.87. The molecule has 5 nitrogen and oxygen atoms in total. The summed E-state index contributed by atoms with van der Waals surface area (Å²) in [5, 5.41) is 24.0. The van der Waals surface area contributed by atoms with Gasteiger partial charge in [-0.25, -0.2) is 4.39 Å². The van der Waals surface area contributed by atoms with Gasteiger partial charge >= 0.3 is 0 Å². The highest BCUT2D eigenvalue weighted by atomic mass is 19.1. The molecule has 20 heavy (non-hydrogen) atoms. The van der Waals surface area contributed by atoms with Gasteiger partial charge in [-0.2, -0.15) is 0 Å². The van der Waals surface area contributed by atoms with E-state index in [-0.39, 0.29) is 17.9 Å². The zero-order valence-corrected chi connectivity index (χ0v) is 11.3. The van der Waals surface area contributed by atoms with E-state index in [2.05, 4.69) is 10.5 Å². The molecule has 1 fully saturated rings. The van der Waals surface area contributed by atoms with E-state index in [0.717, 1.165) is 31.4 Å². The average molecular weight is 281 g/mol. The molecular weight excluding hydrogens is 261 g/mol. The molecule has 0 radical (unpaired) electrons. The fourth-order valence-electron chi connectivity index (χ4n) is 2.39. The molecule has 0 heterocycles. The smallest absolute Gasteiger partial charge is 0.170 e. The lowest BCUT2D eigenvalue weighted by molar-refractivity contribution is 0.245. The Morgan fingerprint density at radius 3 is 2.80 bits per heavy atom. The van der Waals surface area contributed by atoms with Gasteiger partial charge in [0.15, 0.2) is 5.84 Å². The number of nitrogens with zero attached hydrogens (tertiary/aromatic N) is 1. The largest absolute Gasteiger partial charge is 0.409 e. The Balaban J connectivity index is 1.99. The van der Waals surface area contributed by atoms with E-state index in [1.54, 1.807) is 6.07 Å². The zero-order valence-electron chi connectivity index (χ0n) is 11.3. The Kier molecular flexibility index (Phi) is 4.57. The second-order valence-corrected chi connectivity index (χ2v) is 5.36. The van der Waals surface area contributed by atoms with Crippen molar-refractivity contribution in [2.75, 3.05) is 13.2 Å². The number of rotatable bonds is 7. The standard InChI is InChI=1S/C14H20FN3O2/c15-11-2-1-10(12(7-11)13(16)18-20)8-17-9-14(3-4-14)5-6-19/h1-2,7,17,19-20H,3-6,8-9H2,(H2,16,18). The first-order valence-corrected chi connectivity index (χ1v) is 6.68. The summed E-state index contributed by atoms with van der Waals surface area (Å²) in [6.45, 7) is 1.52. The lowest BCUT2D eigenvalue weighted by Gasteiger charge is -2.15. The van der Waals surface area contributed by atoms with E-state index in [4.69, 9.17) is 16.0 Å². The maximum Gasteiger partial charge on any atom is 0.170 e. The highest BCUT2D eigenvalue weighted by Crippen LogP contribution is 2.47. The number of nitrogens with two attached hydrogens (primary N) is 1. The van der Waals surface area contributed by atoms with Crippen LogP contribution in [-0.4, -0.2) is 29.3 Å². The summed E-state index contributed by atoms with van der Waals surface area (Å²) in [6, 6.07) is 4.24. The molecule has 5 N–H and O–H groups in total. The molecule has 1 aliphatic rings. The van der Waals surface area contributed by atoms with Crippen LogP contribution in [0.5, 0.6) is 0 Å². The number of benzene rings is 1. The van der Waals surface area contributed by atoms with Crippen molar-refractivity contribution >= 4 is 5.84 Å². The highest BCUT2D eigenvalue weighted by molar-refractivity contribution is 5.98. The molecule has 0 spiro atoms. The lowest BCUT2D eigenvalue weighted by Crippen LogP contribution is -2.26. The quantitative estimate of drug-likeness (QED) is 0.261. The summed E-state index contributed by atoms with van der Waals surface area (Å²) in [5.41, 5.74) is 6.94. The number of nitrogens with one attached hydrogen (secondary N) is 1. The van der Waals surface area contributed by atoms with Gasteiger partial charge < -0.3 is 21.4 Å². The van der Waals surface area contributed by atoms with Crippen molar-refractivity contribution < 1.29 is 14.7 Å². The molecule has 1 aromatic carbocycles. The zero-order chi connectivity index (χ0) is 14.6. The molecule has 1 aromatic rings. The van der Waals surface area contributed by atoms with Gasteiger partial charge in [0.2, 0.25) is 0 Å². The molecule has 0 saturated heterocycles. The Bertz CT molecular complexity index is 501. The topological polar surface area (TPSA) is 90.9 Å². The number of aliphatic hydroxyl groups is 1. The number of oxime groups is 1. The van der Waals surface area contributed by atoms with Crippen molar-refractivity contribution in [3.63, 3.8) is 0 Å². The molecule has 1 aliphatic carbocycles. The summed E-state index contributed by atoms with van der Waals surface area (Å²) >= 11 is 0. The Morgan fingerprint density at radius 2 is 2.20 bits per heavy atom. The van der Waals surface area contributed by atoms with Crippen LogP contribution in [-0.2, 0) is 6.54 Å². The van der Waals surface area contributed by atoms with Gasteiger partial charge in [-0.05, 0) is 42.4 Å². The van der Waals surface area contributed by atoms with Crippen molar-refractivity contribution in [1.82, 2.24) is 5.32 Å². The fourth-order valence-corrected chi connectivity index (χ4v) is 2.39.